The highest BCUT2D eigenvalue weighted by molar-refractivity contribution is 7.89. The molecule has 2 aromatic rings. The van der Waals surface area contributed by atoms with Crippen molar-refractivity contribution in [1.29, 1.82) is 0 Å². The Kier molecular flexibility index (Phi) is 4.60. The maximum absolute atomic E-state index is 12.5. The molecular formula is C16H22N4O3S. The van der Waals surface area contributed by atoms with Gasteiger partial charge in [-0.25, -0.2) is 26.8 Å². The molecule has 1 aliphatic heterocycles. The van der Waals surface area contributed by atoms with Gasteiger partial charge in [0.15, 0.2) is 0 Å². The Hall–Kier alpha value is -1.93. The standard InChI is InChI=1S/C16H22N4O3S/c1-3-24(22,23)19-11-9-13(10-12-19)15-17-18(2)16(21)20(15)14-7-5-4-6-8-14/h4-8,13H,3,9-12H2,1-2H3. The molecule has 0 saturated carbocycles. The summed E-state index contributed by atoms with van der Waals surface area (Å²) in [6.45, 7) is 2.61. The molecule has 0 spiro atoms. The van der Waals surface area contributed by atoms with Gasteiger partial charge in [-0.2, -0.15) is 5.10 Å². The molecule has 0 radical (unpaired) electrons. The van der Waals surface area contributed by atoms with E-state index in [0.29, 0.717) is 31.8 Å². The number of rotatable bonds is 4. The van der Waals surface area contributed by atoms with E-state index in [2.05, 4.69) is 5.10 Å². The van der Waals surface area contributed by atoms with E-state index in [1.54, 1.807) is 18.5 Å². The van der Waals surface area contributed by atoms with Gasteiger partial charge in [-0.15, -0.1) is 0 Å². The quantitative estimate of drug-likeness (QED) is 0.827. The summed E-state index contributed by atoms with van der Waals surface area (Å²) in [5.74, 6) is 0.903. The van der Waals surface area contributed by atoms with Crippen molar-refractivity contribution in [2.75, 3.05) is 18.8 Å². The van der Waals surface area contributed by atoms with Crippen molar-refractivity contribution in [1.82, 2.24) is 18.7 Å². The molecule has 0 bridgehead atoms. The van der Waals surface area contributed by atoms with Gasteiger partial charge in [-0.3, -0.25) is 0 Å². The van der Waals surface area contributed by atoms with Crippen LogP contribution in [0, 0.1) is 0 Å². The minimum atomic E-state index is -3.15. The molecule has 1 fully saturated rings. The van der Waals surface area contributed by atoms with Crippen LogP contribution >= 0.6 is 0 Å². The minimum absolute atomic E-state index is 0.0717. The fourth-order valence-electron chi connectivity index (χ4n) is 3.14. The molecule has 7 nitrogen and oxygen atoms in total. The summed E-state index contributed by atoms with van der Waals surface area (Å²) >= 11 is 0. The lowest BCUT2D eigenvalue weighted by molar-refractivity contribution is 0.312. The number of aromatic nitrogens is 3. The molecule has 0 amide bonds. The average Bonchev–Trinajstić information content (AvgIpc) is 2.91. The monoisotopic (exact) mass is 350 g/mol. The molecule has 3 rings (SSSR count). The van der Waals surface area contributed by atoms with Crippen LogP contribution in [0.5, 0.6) is 0 Å². The van der Waals surface area contributed by atoms with Crippen LogP contribution in [-0.4, -0.2) is 45.9 Å². The van der Waals surface area contributed by atoms with E-state index in [-0.39, 0.29) is 17.4 Å². The molecule has 1 aromatic heterocycles. The van der Waals surface area contributed by atoms with Crippen molar-refractivity contribution in [3.63, 3.8) is 0 Å². The second-order valence-corrected chi connectivity index (χ2v) is 8.27. The van der Waals surface area contributed by atoms with Crippen molar-refractivity contribution in [2.24, 2.45) is 7.05 Å². The molecule has 1 aromatic carbocycles. The predicted molar refractivity (Wildman–Crippen MR) is 91.8 cm³/mol. The van der Waals surface area contributed by atoms with Crippen LogP contribution in [0.1, 0.15) is 31.5 Å². The third kappa shape index (κ3) is 3.03. The summed E-state index contributed by atoms with van der Waals surface area (Å²) in [4.78, 5) is 12.5. The first-order valence-corrected chi connectivity index (χ1v) is 9.74. The SMILES string of the molecule is CCS(=O)(=O)N1CCC(c2nn(C)c(=O)n2-c2ccccc2)CC1. The lowest BCUT2D eigenvalue weighted by Crippen LogP contribution is -2.39. The zero-order valence-electron chi connectivity index (χ0n) is 13.9. The topological polar surface area (TPSA) is 77.2 Å². The summed E-state index contributed by atoms with van der Waals surface area (Å²) in [5, 5.41) is 4.42. The van der Waals surface area contributed by atoms with Crippen LogP contribution < -0.4 is 5.69 Å². The maximum atomic E-state index is 12.5. The maximum Gasteiger partial charge on any atom is 0.350 e. The van der Waals surface area contributed by atoms with Crippen molar-refractivity contribution in [3.05, 3.63) is 46.6 Å². The average molecular weight is 350 g/mol. The first kappa shape index (κ1) is 16.9. The summed E-state index contributed by atoms with van der Waals surface area (Å²) in [5.41, 5.74) is 0.606. The van der Waals surface area contributed by atoms with E-state index in [0.717, 1.165) is 5.69 Å². The van der Waals surface area contributed by atoms with Crippen molar-refractivity contribution in [3.8, 4) is 5.69 Å². The number of sulfonamides is 1. The van der Waals surface area contributed by atoms with E-state index < -0.39 is 10.0 Å². The summed E-state index contributed by atoms with van der Waals surface area (Å²) in [6, 6.07) is 9.43. The molecule has 1 aliphatic rings. The Balaban J connectivity index is 1.90. The van der Waals surface area contributed by atoms with Crippen LogP contribution in [0.15, 0.2) is 35.1 Å². The fraction of sp³-hybridized carbons (Fsp3) is 0.500. The van der Waals surface area contributed by atoms with Crippen molar-refractivity contribution >= 4 is 10.0 Å². The van der Waals surface area contributed by atoms with Gasteiger partial charge in [0.05, 0.1) is 11.4 Å². The van der Waals surface area contributed by atoms with Gasteiger partial charge < -0.3 is 0 Å². The second kappa shape index (κ2) is 6.52. The summed E-state index contributed by atoms with van der Waals surface area (Å²) in [6.07, 6.45) is 1.34. The predicted octanol–water partition coefficient (Wildman–Crippen LogP) is 1.10. The second-order valence-electron chi connectivity index (χ2n) is 6.01. The number of aryl methyl sites for hydroxylation is 1. The Bertz CT molecular complexity index is 862. The minimum Gasteiger partial charge on any atom is -0.247 e. The van der Waals surface area contributed by atoms with Crippen LogP contribution in [0.4, 0.5) is 0 Å². The van der Waals surface area contributed by atoms with E-state index in [1.807, 2.05) is 30.3 Å². The Labute approximate surface area is 141 Å². The van der Waals surface area contributed by atoms with Crippen LogP contribution in [0.25, 0.3) is 5.69 Å². The van der Waals surface area contributed by atoms with Crippen molar-refractivity contribution in [2.45, 2.75) is 25.7 Å². The number of piperidine rings is 1. The van der Waals surface area contributed by atoms with Crippen LogP contribution in [0.2, 0.25) is 0 Å². The Morgan fingerprint density at radius 3 is 2.38 bits per heavy atom. The Morgan fingerprint density at radius 2 is 1.79 bits per heavy atom. The van der Waals surface area contributed by atoms with Gasteiger partial charge in [0.25, 0.3) is 0 Å². The first-order valence-electron chi connectivity index (χ1n) is 8.13. The molecular weight excluding hydrogens is 328 g/mol. The van der Waals surface area contributed by atoms with E-state index in [4.69, 9.17) is 0 Å². The molecule has 130 valence electrons. The molecule has 8 heteroatoms. The van der Waals surface area contributed by atoms with Gasteiger partial charge in [0.1, 0.15) is 5.82 Å². The van der Waals surface area contributed by atoms with E-state index >= 15 is 0 Å². The van der Waals surface area contributed by atoms with Crippen LogP contribution in [0.3, 0.4) is 0 Å². The largest absolute Gasteiger partial charge is 0.350 e. The summed E-state index contributed by atoms with van der Waals surface area (Å²) in [7, 11) is -1.51. The third-order valence-electron chi connectivity index (χ3n) is 4.54. The highest BCUT2D eigenvalue weighted by Gasteiger charge is 2.30. The normalized spacial score (nSPS) is 17.2. The molecule has 0 atom stereocenters. The van der Waals surface area contributed by atoms with Gasteiger partial charge in [0, 0.05) is 26.1 Å². The molecule has 24 heavy (non-hydrogen) atoms. The summed E-state index contributed by atoms with van der Waals surface area (Å²) < 4.78 is 28.5. The van der Waals surface area contributed by atoms with Gasteiger partial charge in [0.2, 0.25) is 10.0 Å². The number of benzene rings is 1. The molecule has 0 unspecified atom stereocenters. The molecule has 0 aliphatic carbocycles. The van der Waals surface area contributed by atoms with Gasteiger partial charge in [-0.1, -0.05) is 18.2 Å². The fourth-order valence-corrected chi connectivity index (χ4v) is 4.27. The Morgan fingerprint density at radius 1 is 1.17 bits per heavy atom. The molecule has 2 heterocycles. The highest BCUT2D eigenvalue weighted by Crippen LogP contribution is 2.28. The zero-order chi connectivity index (χ0) is 17.3. The van der Waals surface area contributed by atoms with Crippen LogP contribution in [-0.2, 0) is 17.1 Å². The molecule has 0 N–H and O–H groups in total. The smallest absolute Gasteiger partial charge is 0.247 e. The van der Waals surface area contributed by atoms with E-state index in [9.17, 15) is 13.2 Å². The van der Waals surface area contributed by atoms with Gasteiger partial charge >= 0.3 is 5.69 Å². The molecule has 1 saturated heterocycles. The van der Waals surface area contributed by atoms with E-state index in [1.165, 1.54) is 8.99 Å². The third-order valence-corrected chi connectivity index (χ3v) is 6.42. The number of para-hydroxylation sites is 1. The number of nitrogens with zero attached hydrogens (tertiary/aromatic N) is 4. The highest BCUT2D eigenvalue weighted by atomic mass is 32.2. The first-order chi connectivity index (χ1) is 11.4. The lowest BCUT2D eigenvalue weighted by atomic mass is 9.97. The zero-order valence-corrected chi connectivity index (χ0v) is 14.7. The van der Waals surface area contributed by atoms with Gasteiger partial charge in [-0.05, 0) is 31.9 Å². The lowest BCUT2D eigenvalue weighted by Gasteiger charge is -2.30. The number of hydrogen-bond acceptors (Lipinski definition) is 4. The van der Waals surface area contributed by atoms with Crippen molar-refractivity contribution < 1.29 is 8.42 Å². The number of hydrogen-bond donors (Lipinski definition) is 0.